The van der Waals surface area contributed by atoms with E-state index in [1.165, 1.54) is 0 Å². The Bertz CT molecular complexity index is 566. The maximum absolute atomic E-state index is 12.5. The molecule has 1 N–H and O–H groups in total. The van der Waals surface area contributed by atoms with Crippen LogP contribution in [0.3, 0.4) is 0 Å². The fourth-order valence-corrected chi connectivity index (χ4v) is 5.01. The number of nitrogens with one attached hydrogen (secondary N) is 1. The van der Waals surface area contributed by atoms with Gasteiger partial charge in [0.05, 0.1) is 24.6 Å². The van der Waals surface area contributed by atoms with E-state index < -0.39 is 9.84 Å². The molecule has 0 saturated carbocycles. The van der Waals surface area contributed by atoms with Crippen LogP contribution in [0.2, 0.25) is 0 Å². The first kappa shape index (κ1) is 22.1. The lowest BCUT2D eigenvalue weighted by molar-refractivity contribution is -0.136. The number of halogens is 1. The molecule has 2 rings (SSSR count). The molecule has 2 aliphatic heterocycles. The summed E-state index contributed by atoms with van der Waals surface area (Å²) in [6.07, 6.45) is 0.505. The SMILES string of the molecule is CCN(C(=O)CN(C)CC(=O)N1CCNCC1)C1CCS(=O)(=O)C1.Cl. The van der Waals surface area contributed by atoms with Gasteiger partial charge in [0.1, 0.15) is 0 Å². The molecule has 2 amide bonds. The van der Waals surface area contributed by atoms with Crippen LogP contribution in [0, 0.1) is 0 Å². The van der Waals surface area contributed by atoms with Gasteiger partial charge >= 0.3 is 0 Å². The minimum atomic E-state index is -3.02. The van der Waals surface area contributed by atoms with Gasteiger partial charge in [-0.15, -0.1) is 12.4 Å². The number of hydrogen-bond donors (Lipinski definition) is 1. The van der Waals surface area contributed by atoms with Crippen LogP contribution in [0.25, 0.3) is 0 Å². The largest absolute Gasteiger partial charge is 0.339 e. The average molecular weight is 397 g/mol. The van der Waals surface area contributed by atoms with Crippen LogP contribution in [0.1, 0.15) is 13.3 Å². The highest BCUT2D eigenvalue weighted by atomic mass is 35.5. The van der Waals surface area contributed by atoms with E-state index in [1.54, 1.807) is 21.7 Å². The van der Waals surface area contributed by atoms with Crippen molar-refractivity contribution >= 4 is 34.1 Å². The minimum Gasteiger partial charge on any atom is -0.339 e. The van der Waals surface area contributed by atoms with E-state index in [-0.39, 0.29) is 54.9 Å². The van der Waals surface area contributed by atoms with Crippen LogP contribution in [-0.4, -0.2) is 105 Å². The summed E-state index contributed by atoms with van der Waals surface area (Å²) in [5, 5.41) is 3.20. The fourth-order valence-electron chi connectivity index (χ4n) is 3.28. The van der Waals surface area contributed by atoms with Gasteiger partial charge in [-0.3, -0.25) is 14.5 Å². The molecule has 0 spiro atoms. The van der Waals surface area contributed by atoms with Gasteiger partial charge in [-0.25, -0.2) is 8.42 Å². The molecule has 2 fully saturated rings. The Morgan fingerprint density at radius 2 is 1.84 bits per heavy atom. The third kappa shape index (κ3) is 6.40. The highest BCUT2D eigenvalue weighted by Crippen LogP contribution is 2.17. The lowest BCUT2D eigenvalue weighted by Gasteiger charge is -2.31. The molecule has 0 bridgehead atoms. The number of likely N-dealkylation sites (N-methyl/N-ethyl adjacent to an activating group) is 2. The van der Waals surface area contributed by atoms with Crippen molar-refractivity contribution < 1.29 is 18.0 Å². The third-order valence-electron chi connectivity index (χ3n) is 4.59. The van der Waals surface area contributed by atoms with Crippen LogP contribution in [0.5, 0.6) is 0 Å². The van der Waals surface area contributed by atoms with E-state index >= 15 is 0 Å². The van der Waals surface area contributed by atoms with E-state index in [2.05, 4.69) is 5.32 Å². The molecule has 2 aliphatic rings. The van der Waals surface area contributed by atoms with E-state index in [0.29, 0.717) is 26.1 Å². The number of amides is 2. The monoisotopic (exact) mass is 396 g/mol. The standard InChI is InChI=1S/C15H28N4O4S.ClH/c1-3-19(13-4-9-24(22,23)12-13)15(21)11-17(2)10-14(20)18-7-5-16-6-8-18;/h13,16H,3-12H2,1-2H3;1H. The molecule has 2 saturated heterocycles. The number of carbonyl (C=O) groups is 2. The number of carbonyl (C=O) groups excluding carboxylic acids is 2. The molecule has 10 heteroatoms. The molecule has 0 radical (unpaired) electrons. The summed E-state index contributed by atoms with van der Waals surface area (Å²) in [5.74, 6) is 0.114. The summed E-state index contributed by atoms with van der Waals surface area (Å²) >= 11 is 0. The summed E-state index contributed by atoms with van der Waals surface area (Å²) in [6, 6.07) is -0.232. The van der Waals surface area contributed by atoms with Gasteiger partial charge in [-0.1, -0.05) is 0 Å². The molecule has 146 valence electrons. The zero-order chi connectivity index (χ0) is 17.7. The molecule has 0 aliphatic carbocycles. The van der Waals surface area contributed by atoms with Crippen molar-refractivity contribution in [2.75, 3.05) is 64.4 Å². The average Bonchev–Trinajstić information content (AvgIpc) is 2.88. The maximum Gasteiger partial charge on any atom is 0.237 e. The molecule has 0 aromatic carbocycles. The molecule has 0 aromatic heterocycles. The quantitative estimate of drug-likeness (QED) is 0.607. The Morgan fingerprint density at radius 3 is 2.36 bits per heavy atom. The van der Waals surface area contributed by atoms with Crippen LogP contribution >= 0.6 is 12.4 Å². The smallest absolute Gasteiger partial charge is 0.237 e. The summed E-state index contributed by atoms with van der Waals surface area (Å²) < 4.78 is 23.2. The predicted octanol–water partition coefficient (Wildman–Crippen LogP) is -1.19. The number of nitrogens with zero attached hydrogens (tertiary/aromatic N) is 3. The first-order chi connectivity index (χ1) is 11.3. The van der Waals surface area contributed by atoms with Crippen molar-refractivity contribution in [1.29, 1.82) is 0 Å². The van der Waals surface area contributed by atoms with Crippen LogP contribution in [0.15, 0.2) is 0 Å². The summed E-state index contributed by atoms with van der Waals surface area (Å²) in [6.45, 7) is 5.66. The van der Waals surface area contributed by atoms with Crippen LogP contribution in [-0.2, 0) is 19.4 Å². The maximum atomic E-state index is 12.5. The second kappa shape index (κ2) is 9.70. The van der Waals surface area contributed by atoms with Gasteiger partial charge in [-0.2, -0.15) is 0 Å². The van der Waals surface area contributed by atoms with Crippen molar-refractivity contribution in [3.63, 3.8) is 0 Å². The Balaban J connectivity index is 0.00000312. The zero-order valence-electron chi connectivity index (χ0n) is 14.9. The van der Waals surface area contributed by atoms with E-state index in [1.807, 2.05) is 6.92 Å². The highest BCUT2D eigenvalue weighted by Gasteiger charge is 2.34. The van der Waals surface area contributed by atoms with Crippen LogP contribution < -0.4 is 5.32 Å². The number of hydrogen-bond acceptors (Lipinski definition) is 6. The molecule has 25 heavy (non-hydrogen) atoms. The molecular formula is C15H29ClN4O4S. The second-order valence-corrected chi connectivity index (χ2v) is 8.77. The van der Waals surface area contributed by atoms with Gasteiger partial charge in [0.2, 0.25) is 11.8 Å². The minimum absolute atomic E-state index is 0. The number of piperazine rings is 1. The predicted molar refractivity (Wildman–Crippen MR) is 98.6 cm³/mol. The Labute approximate surface area is 156 Å². The van der Waals surface area contributed by atoms with Crippen molar-refractivity contribution in [2.24, 2.45) is 0 Å². The summed E-state index contributed by atoms with van der Waals surface area (Å²) in [7, 11) is -1.27. The lowest BCUT2D eigenvalue weighted by atomic mass is 10.2. The Kier molecular flexibility index (Phi) is 8.59. The van der Waals surface area contributed by atoms with Crippen molar-refractivity contribution in [3.8, 4) is 0 Å². The molecule has 8 nitrogen and oxygen atoms in total. The summed E-state index contributed by atoms with van der Waals surface area (Å²) in [4.78, 5) is 29.9. The first-order valence-electron chi connectivity index (χ1n) is 8.49. The fraction of sp³-hybridized carbons (Fsp3) is 0.867. The number of sulfone groups is 1. The molecule has 1 atom stereocenters. The lowest BCUT2D eigenvalue weighted by Crippen LogP contribution is -2.51. The van der Waals surface area contributed by atoms with E-state index in [4.69, 9.17) is 0 Å². The van der Waals surface area contributed by atoms with Crippen molar-refractivity contribution in [1.82, 2.24) is 20.0 Å². The van der Waals surface area contributed by atoms with Gasteiger partial charge in [0, 0.05) is 38.8 Å². The molecule has 2 heterocycles. The van der Waals surface area contributed by atoms with Gasteiger partial charge < -0.3 is 15.1 Å². The van der Waals surface area contributed by atoms with E-state index in [0.717, 1.165) is 13.1 Å². The Morgan fingerprint density at radius 1 is 1.20 bits per heavy atom. The molecular weight excluding hydrogens is 368 g/mol. The van der Waals surface area contributed by atoms with Crippen LogP contribution in [0.4, 0.5) is 0 Å². The number of rotatable bonds is 6. The normalized spacial score (nSPS) is 22.5. The topological polar surface area (TPSA) is 90.0 Å². The molecule has 1 unspecified atom stereocenters. The van der Waals surface area contributed by atoms with E-state index in [9.17, 15) is 18.0 Å². The van der Waals surface area contributed by atoms with Gasteiger partial charge in [0.15, 0.2) is 9.84 Å². The second-order valence-electron chi connectivity index (χ2n) is 6.54. The zero-order valence-corrected chi connectivity index (χ0v) is 16.6. The Hall–Kier alpha value is -0.900. The van der Waals surface area contributed by atoms with Gasteiger partial charge in [0.25, 0.3) is 0 Å². The van der Waals surface area contributed by atoms with Gasteiger partial charge in [-0.05, 0) is 20.4 Å². The highest BCUT2D eigenvalue weighted by molar-refractivity contribution is 7.91. The third-order valence-corrected chi connectivity index (χ3v) is 6.34. The summed E-state index contributed by atoms with van der Waals surface area (Å²) in [5.41, 5.74) is 0. The first-order valence-corrected chi connectivity index (χ1v) is 10.3. The van der Waals surface area contributed by atoms with Crippen molar-refractivity contribution in [3.05, 3.63) is 0 Å². The molecule has 0 aromatic rings. The van der Waals surface area contributed by atoms with Crippen molar-refractivity contribution in [2.45, 2.75) is 19.4 Å².